The van der Waals surface area contributed by atoms with Crippen molar-refractivity contribution in [3.05, 3.63) is 71.2 Å². The van der Waals surface area contributed by atoms with Crippen LogP contribution in [0.2, 0.25) is 0 Å². The van der Waals surface area contributed by atoms with Crippen molar-refractivity contribution in [3.8, 4) is 0 Å². The predicted octanol–water partition coefficient (Wildman–Crippen LogP) is 3.16. The number of halogens is 2. The van der Waals surface area contributed by atoms with E-state index in [1.54, 1.807) is 6.92 Å². The number of aryl methyl sites for hydroxylation is 1. The summed E-state index contributed by atoms with van der Waals surface area (Å²) >= 11 is 0. The van der Waals surface area contributed by atoms with Crippen LogP contribution in [0.4, 0.5) is 20.3 Å². The van der Waals surface area contributed by atoms with Gasteiger partial charge in [-0.05, 0) is 31.2 Å². The summed E-state index contributed by atoms with van der Waals surface area (Å²) in [5.41, 5.74) is -0.360. The predicted molar refractivity (Wildman–Crippen MR) is 87.7 cm³/mol. The number of hydrogen-bond acceptors (Lipinski definition) is 5. The molecule has 2 aromatic heterocycles. The Morgan fingerprint density at radius 1 is 1.00 bits per heavy atom. The van der Waals surface area contributed by atoms with Gasteiger partial charge in [0.1, 0.15) is 28.8 Å². The molecule has 7 nitrogen and oxygen atoms in total. The molecule has 0 atom stereocenters. The van der Waals surface area contributed by atoms with Crippen molar-refractivity contribution in [1.82, 2.24) is 10.1 Å². The first kappa shape index (κ1) is 17.2. The largest absolute Gasteiger partial charge is 0.360 e. The third kappa shape index (κ3) is 3.89. The fourth-order valence-corrected chi connectivity index (χ4v) is 2.07. The van der Waals surface area contributed by atoms with Gasteiger partial charge in [-0.2, -0.15) is 0 Å². The maximum Gasteiger partial charge on any atom is 0.275 e. The summed E-state index contributed by atoms with van der Waals surface area (Å²) in [7, 11) is 0. The highest BCUT2D eigenvalue weighted by molar-refractivity contribution is 6.05. The maximum atomic E-state index is 13.6. The minimum Gasteiger partial charge on any atom is -0.360 e. The van der Waals surface area contributed by atoms with Gasteiger partial charge in [0.25, 0.3) is 11.8 Å². The van der Waals surface area contributed by atoms with Gasteiger partial charge in [0, 0.05) is 12.1 Å². The molecule has 1 aromatic carbocycles. The zero-order chi connectivity index (χ0) is 18.7. The molecule has 2 amide bonds. The molecule has 0 spiro atoms. The first-order valence-electron chi connectivity index (χ1n) is 7.40. The van der Waals surface area contributed by atoms with E-state index < -0.39 is 23.4 Å². The molecular formula is C17H12F2N4O3. The van der Waals surface area contributed by atoms with Crippen molar-refractivity contribution in [2.75, 3.05) is 10.6 Å². The second kappa shape index (κ2) is 7.09. The Morgan fingerprint density at radius 3 is 2.31 bits per heavy atom. The quantitative estimate of drug-likeness (QED) is 0.747. The van der Waals surface area contributed by atoms with Crippen LogP contribution in [0.3, 0.4) is 0 Å². The molecule has 0 aliphatic rings. The highest BCUT2D eigenvalue weighted by atomic mass is 19.1. The van der Waals surface area contributed by atoms with Gasteiger partial charge in [-0.3, -0.25) is 9.59 Å². The number of hydrogen-bond donors (Lipinski definition) is 2. The molecule has 2 heterocycles. The maximum absolute atomic E-state index is 13.6. The number of rotatable bonds is 4. The van der Waals surface area contributed by atoms with E-state index in [1.165, 1.54) is 24.3 Å². The lowest BCUT2D eigenvalue weighted by Crippen LogP contribution is -2.19. The minimum absolute atomic E-state index is 0.0436. The molecule has 0 aliphatic carbocycles. The monoisotopic (exact) mass is 358 g/mol. The highest BCUT2D eigenvalue weighted by Crippen LogP contribution is 2.16. The highest BCUT2D eigenvalue weighted by Gasteiger charge is 2.15. The van der Waals surface area contributed by atoms with Crippen LogP contribution < -0.4 is 10.6 Å². The topological polar surface area (TPSA) is 97.1 Å². The second-order valence-electron chi connectivity index (χ2n) is 5.26. The summed E-state index contributed by atoms with van der Waals surface area (Å²) < 4.78 is 31.4. The molecule has 0 saturated heterocycles. The molecule has 0 unspecified atom stereocenters. The van der Waals surface area contributed by atoms with E-state index in [1.807, 2.05) is 0 Å². The number of benzene rings is 1. The van der Waals surface area contributed by atoms with Crippen LogP contribution in [-0.4, -0.2) is 22.0 Å². The molecule has 0 radical (unpaired) electrons. The van der Waals surface area contributed by atoms with Gasteiger partial charge in [0.05, 0.1) is 5.69 Å². The van der Waals surface area contributed by atoms with Crippen molar-refractivity contribution in [2.24, 2.45) is 0 Å². The number of pyridine rings is 1. The molecule has 9 heteroatoms. The van der Waals surface area contributed by atoms with Crippen LogP contribution in [0.25, 0.3) is 0 Å². The van der Waals surface area contributed by atoms with E-state index >= 15 is 0 Å². The first-order chi connectivity index (χ1) is 12.4. The minimum atomic E-state index is -0.923. The van der Waals surface area contributed by atoms with Gasteiger partial charge >= 0.3 is 0 Å². The SMILES string of the molecule is Cc1cc(NC(=O)c2cccc(C(=O)Nc3ccc(F)cc3F)n2)no1. The van der Waals surface area contributed by atoms with Crippen LogP contribution in [0.1, 0.15) is 26.7 Å². The number of nitrogens with one attached hydrogen (secondary N) is 2. The number of aromatic nitrogens is 2. The van der Waals surface area contributed by atoms with Gasteiger partial charge < -0.3 is 15.2 Å². The van der Waals surface area contributed by atoms with Crippen molar-refractivity contribution in [1.29, 1.82) is 0 Å². The molecule has 0 aliphatic heterocycles. The van der Waals surface area contributed by atoms with Crippen LogP contribution in [0.15, 0.2) is 47.0 Å². The van der Waals surface area contributed by atoms with E-state index in [2.05, 4.69) is 20.8 Å². The van der Waals surface area contributed by atoms with Crippen LogP contribution in [0, 0.1) is 18.6 Å². The Bertz CT molecular complexity index is 988. The Kier molecular flexibility index (Phi) is 4.70. The average molecular weight is 358 g/mol. The second-order valence-corrected chi connectivity index (χ2v) is 5.26. The first-order valence-corrected chi connectivity index (χ1v) is 7.40. The van der Waals surface area contributed by atoms with Crippen LogP contribution >= 0.6 is 0 Å². The molecule has 2 N–H and O–H groups in total. The molecule has 132 valence electrons. The van der Waals surface area contributed by atoms with Crippen molar-refractivity contribution in [3.63, 3.8) is 0 Å². The molecule has 3 aromatic rings. The zero-order valence-electron chi connectivity index (χ0n) is 13.4. The molecular weight excluding hydrogens is 346 g/mol. The van der Waals surface area contributed by atoms with Gasteiger partial charge in [0.2, 0.25) is 0 Å². The number of anilines is 2. The zero-order valence-corrected chi connectivity index (χ0v) is 13.4. The van der Waals surface area contributed by atoms with Gasteiger partial charge in [0.15, 0.2) is 5.82 Å². The van der Waals surface area contributed by atoms with Gasteiger partial charge in [-0.15, -0.1) is 0 Å². The van der Waals surface area contributed by atoms with Gasteiger partial charge in [-0.25, -0.2) is 13.8 Å². The number of carbonyl (C=O) groups excluding carboxylic acids is 2. The van der Waals surface area contributed by atoms with Crippen molar-refractivity contribution in [2.45, 2.75) is 6.92 Å². The van der Waals surface area contributed by atoms with E-state index in [9.17, 15) is 18.4 Å². The Labute approximate surface area is 146 Å². The number of carbonyl (C=O) groups is 2. The van der Waals surface area contributed by atoms with E-state index in [0.717, 1.165) is 12.1 Å². The fraction of sp³-hybridized carbons (Fsp3) is 0.0588. The normalized spacial score (nSPS) is 10.4. The lowest BCUT2D eigenvalue weighted by Gasteiger charge is -2.07. The third-order valence-corrected chi connectivity index (χ3v) is 3.26. The van der Waals surface area contributed by atoms with Gasteiger partial charge in [-0.1, -0.05) is 11.2 Å². The Balaban J connectivity index is 1.75. The number of nitrogens with zero attached hydrogens (tertiary/aromatic N) is 2. The summed E-state index contributed by atoms with van der Waals surface area (Å²) in [6.07, 6.45) is 0. The van der Waals surface area contributed by atoms with E-state index in [4.69, 9.17) is 4.52 Å². The van der Waals surface area contributed by atoms with Crippen molar-refractivity contribution < 1.29 is 22.9 Å². The average Bonchev–Trinajstić information content (AvgIpc) is 3.02. The molecule has 26 heavy (non-hydrogen) atoms. The summed E-state index contributed by atoms with van der Waals surface area (Å²) in [5, 5.41) is 8.37. The third-order valence-electron chi connectivity index (χ3n) is 3.26. The summed E-state index contributed by atoms with van der Waals surface area (Å²) in [4.78, 5) is 28.3. The molecule has 0 bridgehead atoms. The number of amides is 2. The summed E-state index contributed by atoms with van der Waals surface area (Å²) in [6.45, 7) is 1.67. The summed E-state index contributed by atoms with van der Waals surface area (Å²) in [5.74, 6) is -2.31. The molecule has 0 fully saturated rings. The Morgan fingerprint density at radius 2 is 1.69 bits per heavy atom. The van der Waals surface area contributed by atoms with E-state index in [0.29, 0.717) is 11.8 Å². The lowest BCUT2D eigenvalue weighted by molar-refractivity contribution is 0.101. The summed E-state index contributed by atoms with van der Waals surface area (Å²) in [6, 6.07) is 8.47. The van der Waals surface area contributed by atoms with E-state index in [-0.39, 0.29) is 22.9 Å². The molecule has 3 rings (SSSR count). The molecule has 0 saturated carbocycles. The van der Waals surface area contributed by atoms with Crippen LogP contribution in [-0.2, 0) is 0 Å². The standard InChI is InChI=1S/C17H12F2N4O3/c1-9-7-15(23-26-9)22-17(25)14-4-2-3-13(20-14)16(24)21-12-6-5-10(18)8-11(12)19/h2-8H,1H3,(H,21,24)(H,22,23,25). The smallest absolute Gasteiger partial charge is 0.275 e. The van der Waals surface area contributed by atoms with Crippen LogP contribution in [0.5, 0.6) is 0 Å². The van der Waals surface area contributed by atoms with Crippen molar-refractivity contribution >= 4 is 23.3 Å². The fourth-order valence-electron chi connectivity index (χ4n) is 2.07. The lowest BCUT2D eigenvalue weighted by atomic mass is 10.2. The Hall–Kier alpha value is -3.62.